The van der Waals surface area contributed by atoms with Gasteiger partial charge in [-0.3, -0.25) is 9.69 Å². The van der Waals surface area contributed by atoms with Gasteiger partial charge in [0.05, 0.1) is 18.0 Å². The van der Waals surface area contributed by atoms with Crippen molar-refractivity contribution >= 4 is 29.2 Å². The van der Waals surface area contributed by atoms with E-state index in [0.717, 1.165) is 52.8 Å². The number of hydrogen-bond acceptors (Lipinski definition) is 4. The smallest absolute Gasteiger partial charge is 0.225 e. The second-order valence-electron chi connectivity index (χ2n) is 11.8. The summed E-state index contributed by atoms with van der Waals surface area (Å²) in [5.74, 6) is 0.618. The molecule has 0 aliphatic heterocycles. The zero-order valence-electron chi connectivity index (χ0n) is 27.3. The summed E-state index contributed by atoms with van der Waals surface area (Å²) in [6.07, 6.45) is 0.976. The quantitative estimate of drug-likeness (QED) is 0.127. The van der Waals surface area contributed by atoms with Crippen LogP contribution >= 0.6 is 12.4 Å². The van der Waals surface area contributed by atoms with E-state index < -0.39 is 0 Å². The molecule has 0 saturated heterocycles. The van der Waals surface area contributed by atoms with Crippen molar-refractivity contribution in [1.29, 1.82) is 0 Å². The lowest BCUT2D eigenvalue weighted by atomic mass is 9.99. The normalized spacial score (nSPS) is 11.5. The van der Waals surface area contributed by atoms with Gasteiger partial charge in [0.25, 0.3) is 0 Å². The lowest BCUT2D eigenvalue weighted by Gasteiger charge is -2.24. The molecule has 0 bridgehead atoms. The number of amides is 1. The second kappa shape index (κ2) is 17.3. The molecule has 6 aromatic rings. The number of ether oxygens (including phenoxy) is 1. The monoisotopic (exact) mass is 655 g/mol. The van der Waals surface area contributed by atoms with Crippen LogP contribution in [0.3, 0.4) is 0 Å². The van der Waals surface area contributed by atoms with Gasteiger partial charge in [-0.15, -0.1) is 12.4 Å². The molecule has 1 aromatic heterocycles. The first-order valence-electron chi connectivity index (χ1n) is 16.4. The van der Waals surface area contributed by atoms with E-state index in [1.807, 2.05) is 84.9 Å². The first kappa shape index (κ1) is 34.4. The van der Waals surface area contributed by atoms with Gasteiger partial charge in [-0.2, -0.15) is 0 Å². The van der Waals surface area contributed by atoms with Crippen LogP contribution in [0.5, 0.6) is 5.75 Å². The molecule has 6 rings (SSSR count). The highest BCUT2D eigenvalue weighted by atomic mass is 35.5. The zero-order valence-corrected chi connectivity index (χ0v) is 28.1. The molecular formula is C42H42ClN3O2. The number of nitrogens with one attached hydrogen (secondary N) is 1. The molecule has 0 spiro atoms. The van der Waals surface area contributed by atoms with E-state index in [9.17, 15) is 4.79 Å². The summed E-state index contributed by atoms with van der Waals surface area (Å²) in [5, 5.41) is 4.21. The van der Waals surface area contributed by atoms with Gasteiger partial charge >= 0.3 is 0 Å². The fraction of sp³-hybridized carbons (Fsp3) is 0.190. The molecule has 0 aliphatic rings. The molecule has 1 amide bonds. The Morgan fingerprint density at radius 2 is 1.27 bits per heavy atom. The predicted octanol–water partition coefficient (Wildman–Crippen LogP) is 9.21. The minimum Gasteiger partial charge on any atom is -0.490 e. The Balaban J connectivity index is 0.00000451. The summed E-state index contributed by atoms with van der Waals surface area (Å²) >= 11 is 0. The Kier molecular flexibility index (Phi) is 12.4. The molecule has 1 N–H and O–H groups in total. The Hall–Kier alpha value is -4.97. The summed E-state index contributed by atoms with van der Waals surface area (Å²) in [6.45, 7) is 4.83. The molecule has 0 saturated carbocycles. The Labute approximate surface area is 290 Å². The Morgan fingerprint density at radius 3 is 1.88 bits per heavy atom. The van der Waals surface area contributed by atoms with E-state index in [1.54, 1.807) is 0 Å². The van der Waals surface area contributed by atoms with Crippen LogP contribution in [0, 0.1) is 0 Å². The SMILES string of the molecule is CC[C@H](NC(=O)Cc1c(OCCN(Cc2ccccc2)Cc2ccccc2)c(-c2ccccc2)nc2ccccc12)c1ccccc1.Cl. The number of rotatable bonds is 14. The topological polar surface area (TPSA) is 54.5 Å². The van der Waals surface area contributed by atoms with Crippen molar-refractivity contribution in [3.63, 3.8) is 0 Å². The first-order valence-corrected chi connectivity index (χ1v) is 16.4. The molecule has 5 aromatic carbocycles. The third kappa shape index (κ3) is 8.88. The highest BCUT2D eigenvalue weighted by molar-refractivity contribution is 5.93. The number of pyridine rings is 1. The maximum Gasteiger partial charge on any atom is 0.225 e. The highest BCUT2D eigenvalue weighted by Gasteiger charge is 2.22. The summed E-state index contributed by atoms with van der Waals surface area (Å²) in [4.78, 5) is 21.3. The van der Waals surface area contributed by atoms with Crippen molar-refractivity contribution in [2.24, 2.45) is 0 Å². The van der Waals surface area contributed by atoms with Crippen molar-refractivity contribution in [3.05, 3.63) is 168 Å². The number of halogens is 1. The van der Waals surface area contributed by atoms with E-state index >= 15 is 0 Å². The fourth-order valence-electron chi connectivity index (χ4n) is 6.07. The zero-order chi connectivity index (χ0) is 32.3. The van der Waals surface area contributed by atoms with E-state index in [1.165, 1.54) is 11.1 Å². The van der Waals surface area contributed by atoms with Gasteiger partial charge < -0.3 is 10.1 Å². The number of nitrogens with zero attached hydrogens (tertiary/aromatic N) is 2. The minimum atomic E-state index is -0.0701. The van der Waals surface area contributed by atoms with Gasteiger partial charge in [-0.1, -0.05) is 146 Å². The molecule has 0 unspecified atom stereocenters. The van der Waals surface area contributed by atoms with E-state index in [-0.39, 0.29) is 30.8 Å². The highest BCUT2D eigenvalue weighted by Crippen LogP contribution is 2.37. The summed E-state index contributed by atoms with van der Waals surface area (Å²) in [7, 11) is 0. The standard InChI is InChI=1S/C42H41N3O2.ClH/c1-2-38(34-21-11-5-12-22-34)43-40(46)29-37-36-25-15-16-26-39(36)44-41(35-23-13-6-14-24-35)42(37)47-28-27-45(30-32-17-7-3-8-18-32)31-33-19-9-4-10-20-33;/h3-26,38H,2,27-31H2,1H3,(H,43,46);1H/t38-;/m0./s1. The van der Waals surface area contributed by atoms with Gasteiger partial charge in [-0.05, 0) is 29.2 Å². The average Bonchev–Trinajstić information content (AvgIpc) is 3.12. The second-order valence-corrected chi connectivity index (χ2v) is 11.8. The number of fused-ring (bicyclic) bond motifs is 1. The maximum absolute atomic E-state index is 13.8. The van der Waals surface area contributed by atoms with E-state index in [0.29, 0.717) is 18.9 Å². The van der Waals surface area contributed by atoms with Crippen molar-refractivity contribution in [3.8, 4) is 17.0 Å². The minimum absolute atomic E-state index is 0. The third-order valence-electron chi connectivity index (χ3n) is 8.43. The summed E-state index contributed by atoms with van der Waals surface area (Å²) < 4.78 is 6.77. The molecule has 6 heteroatoms. The summed E-state index contributed by atoms with van der Waals surface area (Å²) in [5.41, 5.74) is 7.00. The van der Waals surface area contributed by atoms with Crippen LogP contribution in [-0.4, -0.2) is 28.9 Å². The molecule has 5 nitrogen and oxygen atoms in total. The fourth-order valence-corrected chi connectivity index (χ4v) is 6.07. The lowest BCUT2D eigenvalue weighted by Crippen LogP contribution is -2.30. The Bertz CT molecular complexity index is 1830. The molecule has 0 fully saturated rings. The first-order chi connectivity index (χ1) is 23.2. The van der Waals surface area contributed by atoms with Crippen molar-refractivity contribution in [1.82, 2.24) is 15.2 Å². The molecular weight excluding hydrogens is 614 g/mol. The summed E-state index contributed by atoms with van der Waals surface area (Å²) in [6, 6.07) is 49.3. The van der Waals surface area contributed by atoms with Crippen molar-refractivity contribution in [2.45, 2.75) is 38.9 Å². The van der Waals surface area contributed by atoms with Gasteiger partial charge in [0.1, 0.15) is 18.1 Å². The number of benzene rings is 5. The van der Waals surface area contributed by atoms with Crippen molar-refractivity contribution in [2.75, 3.05) is 13.2 Å². The van der Waals surface area contributed by atoms with Crippen LogP contribution in [0.1, 0.15) is 41.6 Å². The Morgan fingerprint density at radius 1 is 0.729 bits per heavy atom. The van der Waals surface area contributed by atoms with Crippen LogP contribution in [0.2, 0.25) is 0 Å². The number of aromatic nitrogens is 1. The van der Waals surface area contributed by atoms with Crippen LogP contribution in [0.25, 0.3) is 22.2 Å². The number of para-hydroxylation sites is 1. The van der Waals surface area contributed by atoms with Crippen molar-refractivity contribution < 1.29 is 9.53 Å². The number of carbonyl (C=O) groups is 1. The molecule has 0 aliphatic carbocycles. The average molecular weight is 656 g/mol. The molecule has 48 heavy (non-hydrogen) atoms. The molecule has 1 heterocycles. The van der Waals surface area contributed by atoms with Crippen LogP contribution in [-0.2, 0) is 24.3 Å². The number of hydrogen-bond donors (Lipinski definition) is 1. The number of carbonyl (C=O) groups excluding carboxylic acids is 1. The van der Waals surface area contributed by atoms with E-state index in [4.69, 9.17) is 9.72 Å². The van der Waals surface area contributed by atoms with Crippen LogP contribution in [0.15, 0.2) is 146 Å². The molecule has 1 atom stereocenters. The van der Waals surface area contributed by atoms with Crippen LogP contribution < -0.4 is 10.1 Å². The van der Waals surface area contributed by atoms with E-state index in [2.05, 4.69) is 77.8 Å². The van der Waals surface area contributed by atoms with Gasteiger partial charge in [-0.25, -0.2) is 4.98 Å². The third-order valence-corrected chi connectivity index (χ3v) is 8.43. The van der Waals surface area contributed by atoms with Crippen LogP contribution in [0.4, 0.5) is 0 Å². The largest absolute Gasteiger partial charge is 0.490 e. The molecule has 0 radical (unpaired) electrons. The van der Waals surface area contributed by atoms with Gasteiger partial charge in [0, 0.05) is 36.1 Å². The maximum atomic E-state index is 13.8. The lowest BCUT2D eigenvalue weighted by molar-refractivity contribution is -0.121. The predicted molar refractivity (Wildman–Crippen MR) is 198 cm³/mol. The molecule has 244 valence electrons. The van der Waals surface area contributed by atoms with Gasteiger partial charge in [0.2, 0.25) is 5.91 Å². The van der Waals surface area contributed by atoms with Gasteiger partial charge in [0.15, 0.2) is 0 Å².